The third-order valence-electron chi connectivity index (χ3n) is 5.80. The van der Waals surface area contributed by atoms with Crippen LogP contribution in [0.5, 0.6) is 0 Å². The number of halogens is 1. The van der Waals surface area contributed by atoms with Crippen molar-refractivity contribution in [1.82, 2.24) is 5.32 Å². The topological polar surface area (TPSA) is 58.2 Å². The molecule has 0 saturated heterocycles. The number of fused-ring (bicyclic) bond motifs is 2. The van der Waals surface area contributed by atoms with Crippen molar-refractivity contribution in [3.63, 3.8) is 0 Å². The highest BCUT2D eigenvalue weighted by Gasteiger charge is 2.25. The van der Waals surface area contributed by atoms with E-state index in [-0.39, 0.29) is 17.9 Å². The first-order valence-electron chi connectivity index (χ1n) is 10.6. The van der Waals surface area contributed by atoms with E-state index in [1.807, 2.05) is 36.4 Å². The standard InChI is InChI=1S/C26H21ClN2O2S/c27-20-10-4-2-7-17(20)15-24-26(31)29-22-14-18(12-13-23(22)32-24)25(30)28-21-11-5-8-16-6-1-3-9-19(16)21/h1-4,6-7,9-10,12-15,21H,5,8,11H2,(H,28,30)(H,29,31)/b24-15+/t21-/m0/s1. The van der Waals surface area contributed by atoms with Crippen LogP contribution in [0.2, 0.25) is 5.02 Å². The van der Waals surface area contributed by atoms with Crippen molar-refractivity contribution in [3.8, 4) is 0 Å². The monoisotopic (exact) mass is 460 g/mol. The van der Waals surface area contributed by atoms with E-state index >= 15 is 0 Å². The molecule has 0 bridgehead atoms. The van der Waals surface area contributed by atoms with Crippen LogP contribution in [0.4, 0.5) is 5.69 Å². The highest BCUT2D eigenvalue weighted by molar-refractivity contribution is 8.04. The van der Waals surface area contributed by atoms with Crippen molar-refractivity contribution in [2.75, 3.05) is 5.32 Å². The van der Waals surface area contributed by atoms with Crippen LogP contribution in [-0.2, 0) is 11.2 Å². The third kappa shape index (κ3) is 4.18. The lowest BCUT2D eigenvalue weighted by molar-refractivity contribution is -0.112. The molecule has 1 aliphatic heterocycles. The van der Waals surface area contributed by atoms with Gasteiger partial charge in [0, 0.05) is 15.5 Å². The molecule has 6 heteroatoms. The number of amides is 2. The molecule has 0 unspecified atom stereocenters. The number of carbonyl (C=O) groups excluding carboxylic acids is 2. The highest BCUT2D eigenvalue weighted by Crippen LogP contribution is 2.40. The Balaban J connectivity index is 1.35. The number of hydrogen-bond acceptors (Lipinski definition) is 3. The van der Waals surface area contributed by atoms with Gasteiger partial charge in [-0.1, -0.05) is 65.8 Å². The molecule has 32 heavy (non-hydrogen) atoms. The van der Waals surface area contributed by atoms with Gasteiger partial charge in [0.2, 0.25) is 0 Å². The number of carbonyl (C=O) groups is 2. The predicted octanol–water partition coefficient (Wildman–Crippen LogP) is 6.23. The summed E-state index contributed by atoms with van der Waals surface area (Å²) in [5.74, 6) is -0.340. The fourth-order valence-electron chi connectivity index (χ4n) is 4.18. The summed E-state index contributed by atoms with van der Waals surface area (Å²) in [5, 5.41) is 6.68. The van der Waals surface area contributed by atoms with E-state index in [0.29, 0.717) is 21.2 Å². The van der Waals surface area contributed by atoms with Crippen LogP contribution < -0.4 is 10.6 Å². The molecule has 160 valence electrons. The van der Waals surface area contributed by atoms with Gasteiger partial charge in [0.1, 0.15) is 0 Å². The minimum atomic E-state index is -0.207. The summed E-state index contributed by atoms with van der Waals surface area (Å²) >= 11 is 7.60. The number of hydrogen-bond donors (Lipinski definition) is 2. The zero-order valence-electron chi connectivity index (χ0n) is 17.2. The molecule has 3 aromatic carbocycles. The van der Waals surface area contributed by atoms with Crippen molar-refractivity contribution in [3.05, 3.63) is 98.9 Å². The second-order valence-corrected chi connectivity index (χ2v) is 9.41. The van der Waals surface area contributed by atoms with E-state index in [9.17, 15) is 9.59 Å². The number of benzene rings is 3. The van der Waals surface area contributed by atoms with Gasteiger partial charge in [0.25, 0.3) is 11.8 Å². The van der Waals surface area contributed by atoms with Gasteiger partial charge in [-0.3, -0.25) is 9.59 Å². The molecule has 1 aliphatic carbocycles. The Morgan fingerprint density at radius 3 is 2.78 bits per heavy atom. The van der Waals surface area contributed by atoms with Crippen molar-refractivity contribution in [1.29, 1.82) is 0 Å². The molecule has 2 N–H and O–H groups in total. The molecule has 2 amide bonds. The summed E-state index contributed by atoms with van der Waals surface area (Å²) in [7, 11) is 0. The minimum absolute atomic E-state index is 0.0117. The van der Waals surface area contributed by atoms with Gasteiger partial charge in [0.05, 0.1) is 16.6 Å². The molecular weight excluding hydrogens is 440 g/mol. The number of anilines is 1. The van der Waals surface area contributed by atoms with Gasteiger partial charge in [-0.2, -0.15) is 0 Å². The van der Waals surface area contributed by atoms with Gasteiger partial charge in [-0.15, -0.1) is 0 Å². The first kappa shape index (κ1) is 20.9. The SMILES string of the molecule is O=C1Nc2cc(C(=O)N[C@H]3CCCc4ccccc43)ccc2S/C1=C/c1ccccc1Cl. The molecule has 2 aliphatic rings. The Kier molecular flexibility index (Phi) is 5.77. The predicted molar refractivity (Wildman–Crippen MR) is 130 cm³/mol. The summed E-state index contributed by atoms with van der Waals surface area (Å²) in [6, 6.07) is 21.1. The van der Waals surface area contributed by atoms with Crippen molar-refractivity contribution in [2.45, 2.75) is 30.2 Å². The molecule has 0 spiro atoms. The Labute approximate surface area is 196 Å². The van der Waals surface area contributed by atoms with Crippen molar-refractivity contribution >= 4 is 46.9 Å². The first-order chi connectivity index (χ1) is 15.6. The molecule has 3 aromatic rings. The lowest BCUT2D eigenvalue weighted by Gasteiger charge is -2.26. The quantitative estimate of drug-likeness (QED) is 0.455. The summed E-state index contributed by atoms with van der Waals surface area (Å²) < 4.78 is 0. The number of rotatable bonds is 3. The molecule has 1 heterocycles. The number of thioether (sulfide) groups is 1. The summed E-state index contributed by atoms with van der Waals surface area (Å²) in [6.45, 7) is 0. The van der Waals surface area contributed by atoms with Gasteiger partial charge in [0.15, 0.2) is 0 Å². The largest absolute Gasteiger partial charge is 0.345 e. The maximum absolute atomic E-state index is 13.0. The summed E-state index contributed by atoms with van der Waals surface area (Å²) in [5.41, 5.74) is 4.47. The molecule has 0 radical (unpaired) electrons. The lowest BCUT2D eigenvalue weighted by Crippen LogP contribution is -2.31. The van der Waals surface area contributed by atoms with Crippen LogP contribution in [0.3, 0.4) is 0 Å². The second-order valence-electron chi connectivity index (χ2n) is 7.91. The molecular formula is C26H21ClN2O2S. The maximum Gasteiger partial charge on any atom is 0.262 e. The molecule has 1 atom stereocenters. The molecule has 0 saturated carbocycles. The van der Waals surface area contributed by atoms with E-state index in [1.165, 1.54) is 22.9 Å². The van der Waals surface area contributed by atoms with E-state index in [4.69, 9.17) is 11.6 Å². The first-order valence-corrected chi connectivity index (χ1v) is 11.8. The summed E-state index contributed by atoms with van der Waals surface area (Å²) in [6.07, 6.45) is 4.82. The van der Waals surface area contributed by atoms with Gasteiger partial charge in [-0.25, -0.2) is 0 Å². The number of nitrogens with one attached hydrogen (secondary N) is 2. The molecule has 0 aromatic heterocycles. The molecule has 0 fully saturated rings. The second kappa shape index (κ2) is 8.85. The van der Waals surface area contributed by atoms with Crippen LogP contribution in [-0.4, -0.2) is 11.8 Å². The van der Waals surface area contributed by atoms with Gasteiger partial charge in [-0.05, 0) is 66.3 Å². The molecule has 4 nitrogen and oxygen atoms in total. The average Bonchev–Trinajstić information content (AvgIpc) is 2.81. The number of aryl methyl sites for hydroxylation is 1. The lowest BCUT2D eigenvalue weighted by atomic mass is 9.87. The Morgan fingerprint density at radius 1 is 1.09 bits per heavy atom. The van der Waals surface area contributed by atoms with E-state index in [1.54, 1.807) is 24.3 Å². The Bertz CT molecular complexity index is 1250. The van der Waals surface area contributed by atoms with E-state index in [0.717, 1.165) is 29.7 Å². The zero-order valence-corrected chi connectivity index (χ0v) is 18.8. The zero-order chi connectivity index (χ0) is 22.1. The maximum atomic E-state index is 13.0. The van der Waals surface area contributed by atoms with Crippen LogP contribution in [0.1, 0.15) is 45.9 Å². The molecule has 5 rings (SSSR count). The van der Waals surface area contributed by atoms with Crippen LogP contribution >= 0.6 is 23.4 Å². The normalized spacial score (nSPS) is 18.5. The highest BCUT2D eigenvalue weighted by atomic mass is 35.5. The van der Waals surface area contributed by atoms with Gasteiger partial charge < -0.3 is 10.6 Å². The third-order valence-corrected chi connectivity index (χ3v) is 7.24. The Hall–Kier alpha value is -3.02. The van der Waals surface area contributed by atoms with Crippen LogP contribution in [0.15, 0.2) is 76.5 Å². The summed E-state index contributed by atoms with van der Waals surface area (Å²) in [4.78, 5) is 27.1. The van der Waals surface area contributed by atoms with Crippen molar-refractivity contribution < 1.29 is 9.59 Å². The smallest absolute Gasteiger partial charge is 0.262 e. The average molecular weight is 461 g/mol. The van der Waals surface area contributed by atoms with Gasteiger partial charge >= 0.3 is 0 Å². The van der Waals surface area contributed by atoms with Crippen molar-refractivity contribution in [2.24, 2.45) is 0 Å². The fraction of sp³-hybridized carbons (Fsp3) is 0.154. The fourth-order valence-corrected chi connectivity index (χ4v) is 5.29. The van der Waals surface area contributed by atoms with E-state index < -0.39 is 0 Å². The minimum Gasteiger partial charge on any atom is -0.345 e. The van der Waals surface area contributed by atoms with E-state index in [2.05, 4.69) is 22.8 Å². The Morgan fingerprint density at radius 2 is 1.91 bits per heavy atom. The van der Waals surface area contributed by atoms with Crippen LogP contribution in [0, 0.1) is 0 Å². The van der Waals surface area contributed by atoms with Crippen LogP contribution in [0.25, 0.3) is 6.08 Å².